The van der Waals surface area contributed by atoms with E-state index in [1.54, 1.807) is 0 Å². The molecule has 0 aliphatic heterocycles. The fourth-order valence-corrected chi connectivity index (χ4v) is 1.19. The average Bonchev–Trinajstić information content (AvgIpc) is 2.14. The van der Waals surface area contributed by atoms with Crippen molar-refractivity contribution in [3.63, 3.8) is 0 Å². The molecule has 0 aromatic rings. The van der Waals surface area contributed by atoms with Gasteiger partial charge < -0.3 is 10.6 Å². The Kier molecular flexibility index (Phi) is 7.39. The van der Waals surface area contributed by atoms with Crippen molar-refractivity contribution in [3.8, 4) is 0 Å². The summed E-state index contributed by atoms with van der Waals surface area (Å²) in [5.74, 6) is 0.151. The van der Waals surface area contributed by atoms with Crippen molar-refractivity contribution in [1.82, 2.24) is 10.6 Å². The summed E-state index contributed by atoms with van der Waals surface area (Å²) in [6.45, 7) is 11.4. The molecule has 15 heavy (non-hydrogen) atoms. The fraction of sp³-hybridized carbons (Fsp3) is 0.917. The van der Waals surface area contributed by atoms with Crippen LogP contribution >= 0.6 is 0 Å². The first-order valence-electron chi connectivity index (χ1n) is 5.93. The van der Waals surface area contributed by atoms with Crippen LogP contribution in [-0.4, -0.2) is 25.5 Å². The van der Waals surface area contributed by atoms with Gasteiger partial charge in [-0.25, -0.2) is 0 Å². The first kappa shape index (κ1) is 14.4. The second kappa shape index (κ2) is 7.69. The van der Waals surface area contributed by atoms with Gasteiger partial charge in [0.2, 0.25) is 5.91 Å². The Morgan fingerprint density at radius 2 is 1.73 bits per heavy atom. The standard InChI is InChI=1S/C12H26N2O/c1-5-11(15)14-9-7-6-8-13-10-12(2,3)4/h13H,5-10H2,1-4H3,(H,14,15). The van der Waals surface area contributed by atoms with Gasteiger partial charge in [-0.2, -0.15) is 0 Å². The van der Waals surface area contributed by atoms with Gasteiger partial charge in [0.1, 0.15) is 0 Å². The normalized spacial score (nSPS) is 11.5. The summed E-state index contributed by atoms with van der Waals surface area (Å²) in [4.78, 5) is 10.9. The van der Waals surface area contributed by atoms with Crippen LogP contribution in [0.3, 0.4) is 0 Å². The molecule has 3 nitrogen and oxygen atoms in total. The van der Waals surface area contributed by atoms with Crippen LogP contribution in [0.5, 0.6) is 0 Å². The number of hydrogen-bond donors (Lipinski definition) is 2. The van der Waals surface area contributed by atoms with E-state index in [-0.39, 0.29) is 5.91 Å². The van der Waals surface area contributed by atoms with Gasteiger partial charge in [-0.1, -0.05) is 27.7 Å². The number of carbonyl (C=O) groups excluding carboxylic acids is 1. The van der Waals surface area contributed by atoms with E-state index < -0.39 is 0 Å². The Hall–Kier alpha value is -0.570. The lowest BCUT2D eigenvalue weighted by molar-refractivity contribution is -0.120. The zero-order valence-corrected chi connectivity index (χ0v) is 10.7. The van der Waals surface area contributed by atoms with Crippen LogP contribution in [0.4, 0.5) is 0 Å². The maximum atomic E-state index is 10.9. The maximum Gasteiger partial charge on any atom is 0.219 e. The Morgan fingerprint density at radius 3 is 2.27 bits per heavy atom. The van der Waals surface area contributed by atoms with Gasteiger partial charge >= 0.3 is 0 Å². The highest BCUT2D eigenvalue weighted by atomic mass is 16.1. The largest absolute Gasteiger partial charge is 0.356 e. The van der Waals surface area contributed by atoms with Crippen LogP contribution in [0.1, 0.15) is 47.0 Å². The minimum Gasteiger partial charge on any atom is -0.356 e. The van der Waals surface area contributed by atoms with Gasteiger partial charge in [0.15, 0.2) is 0 Å². The van der Waals surface area contributed by atoms with E-state index in [0.717, 1.165) is 32.5 Å². The van der Waals surface area contributed by atoms with Gasteiger partial charge in [-0.3, -0.25) is 4.79 Å². The zero-order valence-electron chi connectivity index (χ0n) is 10.7. The van der Waals surface area contributed by atoms with E-state index in [1.165, 1.54) is 0 Å². The molecule has 2 N–H and O–H groups in total. The predicted octanol–water partition coefficient (Wildman–Crippen LogP) is 1.93. The van der Waals surface area contributed by atoms with E-state index >= 15 is 0 Å². The zero-order chi connectivity index (χ0) is 11.7. The molecule has 0 aromatic carbocycles. The molecule has 0 spiro atoms. The molecule has 0 aromatic heterocycles. The first-order valence-corrected chi connectivity index (χ1v) is 5.93. The summed E-state index contributed by atoms with van der Waals surface area (Å²) in [6, 6.07) is 0. The summed E-state index contributed by atoms with van der Waals surface area (Å²) >= 11 is 0. The molecule has 0 fully saturated rings. The summed E-state index contributed by atoms with van der Waals surface area (Å²) in [5.41, 5.74) is 0.358. The topological polar surface area (TPSA) is 41.1 Å². The van der Waals surface area contributed by atoms with E-state index in [9.17, 15) is 4.79 Å². The van der Waals surface area contributed by atoms with E-state index in [1.807, 2.05) is 6.92 Å². The smallest absolute Gasteiger partial charge is 0.219 e. The van der Waals surface area contributed by atoms with Gasteiger partial charge in [0.25, 0.3) is 0 Å². The first-order chi connectivity index (χ1) is 6.95. The monoisotopic (exact) mass is 214 g/mol. The van der Waals surface area contributed by atoms with Gasteiger partial charge in [0, 0.05) is 13.0 Å². The van der Waals surface area contributed by atoms with Crippen LogP contribution < -0.4 is 10.6 Å². The molecule has 90 valence electrons. The molecule has 1 amide bonds. The molecule has 0 rings (SSSR count). The lowest BCUT2D eigenvalue weighted by atomic mass is 9.97. The van der Waals surface area contributed by atoms with Crippen molar-refractivity contribution in [1.29, 1.82) is 0 Å². The van der Waals surface area contributed by atoms with E-state index in [2.05, 4.69) is 31.4 Å². The molecule has 0 radical (unpaired) electrons. The molecule has 0 aliphatic carbocycles. The molecule has 0 saturated carbocycles. The van der Waals surface area contributed by atoms with Crippen molar-refractivity contribution >= 4 is 5.91 Å². The quantitative estimate of drug-likeness (QED) is 0.636. The predicted molar refractivity (Wildman–Crippen MR) is 64.9 cm³/mol. The lowest BCUT2D eigenvalue weighted by Crippen LogP contribution is -2.28. The molecule has 0 bridgehead atoms. The molecular formula is C12H26N2O. The Labute approximate surface area is 94.0 Å². The lowest BCUT2D eigenvalue weighted by Gasteiger charge is -2.18. The van der Waals surface area contributed by atoms with Crippen LogP contribution in [0.2, 0.25) is 0 Å². The molecule has 0 atom stereocenters. The highest BCUT2D eigenvalue weighted by Crippen LogP contribution is 2.09. The van der Waals surface area contributed by atoms with Crippen LogP contribution in [0.25, 0.3) is 0 Å². The second-order valence-corrected chi connectivity index (χ2v) is 5.15. The van der Waals surface area contributed by atoms with Gasteiger partial charge in [-0.05, 0) is 31.3 Å². The molecule has 0 aliphatic rings. The SMILES string of the molecule is CCC(=O)NCCCCNCC(C)(C)C. The van der Waals surface area contributed by atoms with E-state index in [4.69, 9.17) is 0 Å². The number of rotatable bonds is 7. The molecular weight excluding hydrogens is 188 g/mol. The highest BCUT2D eigenvalue weighted by molar-refractivity contribution is 5.75. The van der Waals surface area contributed by atoms with Crippen molar-refractivity contribution in [2.75, 3.05) is 19.6 Å². The summed E-state index contributed by atoms with van der Waals surface area (Å²) in [7, 11) is 0. The Bertz CT molecular complexity index is 173. The number of nitrogens with one attached hydrogen (secondary N) is 2. The number of carbonyl (C=O) groups is 1. The summed E-state index contributed by atoms with van der Waals surface area (Å²) in [5, 5.41) is 6.29. The minimum absolute atomic E-state index is 0.151. The van der Waals surface area contributed by atoms with Crippen LogP contribution in [0.15, 0.2) is 0 Å². The maximum absolute atomic E-state index is 10.9. The fourth-order valence-electron chi connectivity index (χ4n) is 1.19. The second-order valence-electron chi connectivity index (χ2n) is 5.15. The van der Waals surface area contributed by atoms with Gasteiger partial charge in [0.05, 0.1) is 0 Å². The number of hydrogen-bond acceptors (Lipinski definition) is 2. The average molecular weight is 214 g/mol. The molecule has 0 saturated heterocycles. The van der Waals surface area contributed by atoms with Crippen LogP contribution in [0, 0.1) is 5.41 Å². The van der Waals surface area contributed by atoms with Crippen molar-refractivity contribution in [2.24, 2.45) is 5.41 Å². The highest BCUT2D eigenvalue weighted by Gasteiger charge is 2.07. The third kappa shape index (κ3) is 11.4. The molecule has 3 heteroatoms. The van der Waals surface area contributed by atoms with E-state index in [0.29, 0.717) is 11.8 Å². The van der Waals surface area contributed by atoms with Crippen molar-refractivity contribution < 1.29 is 4.79 Å². The number of unbranched alkanes of at least 4 members (excludes halogenated alkanes) is 1. The van der Waals surface area contributed by atoms with Crippen molar-refractivity contribution in [3.05, 3.63) is 0 Å². The molecule has 0 heterocycles. The third-order valence-electron chi connectivity index (χ3n) is 2.08. The Morgan fingerprint density at radius 1 is 1.13 bits per heavy atom. The third-order valence-corrected chi connectivity index (χ3v) is 2.08. The number of amides is 1. The van der Waals surface area contributed by atoms with Crippen molar-refractivity contribution in [2.45, 2.75) is 47.0 Å². The van der Waals surface area contributed by atoms with Gasteiger partial charge in [-0.15, -0.1) is 0 Å². The van der Waals surface area contributed by atoms with Crippen LogP contribution in [-0.2, 0) is 4.79 Å². The summed E-state index contributed by atoms with van der Waals surface area (Å²) < 4.78 is 0. The Balaban J connectivity index is 3.16. The molecule has 0 unspecified atom stereocenters. The minimum atomic E-state index is 0.151. The summed E-state index contributed by atoms with van der Waals surface area (Å²) in [6.07, 6.45) is 2.77.